The van der Waals surface area contributed by atoms with Crippen LogP contribution in [0.15, 0.2) is 42.9 Å². The third-order valence-corrected chi connectivity index (χ3v) is 6.27. The Kier molecular flexibility index (Phi) is 11.7. The van der Waals surface area contributed by atoms with E-state index in [4.69, 9.17) is 5.73 Å². The van der Waals surface area contributed by atoms with Gasteiger partial charge in [-0.1, -0.05) is 43.7 Å². The fourth-order valence-electron chi connectivity index (χ4n) is 3.68. The SMILES string of the molecule is CCSC1CCCC(NC(=O)[C@@H](N)Cc2cn(Cc3ccccc3)cn2)C1.Cl.Cl. The lowest BCUT2D eigenvalue weighted by molar-refractivity contribution is -0.123. The van der Waals surface area contributed by atoms with E-state index in [1.807, 2.05) is 40.7 Å². The average Bonchev–Trinajstić information content (AvgIpc) is 3.10. The molecule has 1 aliphatic rings. The van der Waals surface area contributed by atoms with Gasteiger partial charge in [0.1, 0.15) is 0 Å². The molecule has 8 heteroatoms. The number of hydrogen-bond acceptors (Lipinski definition) is 4. The summed E-state index contributed by atoms with van der Waals surface area (Å²) in [5.74, 6) is 1.08. The molecule has 3 atom stereocenters. The summed E-state index contributed by atoms with van der Waals surface area (Å²) >= 11 is 2.00. The van der Waals surface area contributed by atoms with E-state index in [1.54, 1.807) is 6.33 Å². The fraction of sp³-hybridized carbons (Fsp3) is 0.524. The van der Waals surface area contributed by atoms with Crippen LogP contribution >= 0.6 is 36.6 Å². The largest absolute Gasteiger partial charge is 0.352 e. The second kappa shape index (κ2) is 13.2. The van der Waals surface area contributed by atoms with Gasteiger partial charge in [-0.05, 0) is 30.6 Å². The molecule has 1 aliphatic carbocycles. The van der Waals surface area contributed by atoms with Gasteiger partial charge in [-0.15, -0.1) is 24.8 Å². The maximum atomic E-state index is 12.5. The van der Waals surface area contributed by atoms with Crippen LogP contribution in [0.25, 0.3) is 0 Å². The number of halogens is 2. The smallest absolute Gasteiger partial charge is 0.237 e. The van der Waals surface area contributed by atoms with Gasteiger partial charge in [0.2, 0.25) is 5.91 Å². The molecule has 1 aromatic carbocycles. The first-order chi connectivity index (χ1) is 13.1. The lowest BCUT2D eigenvalue weighted by Crippen LogP contribution is -2.48. The molecule has 1 amide bonds. The minimum Gasteiger partial charge on any atom is -0.352 e. The highest BCUT2D eigenvalue weighted by atomic mass is 35.5. The molecule has 5 nitrogen and oxygen atoms in total. The van der Waals surface area contributed by atoms with E-state index in [-0.39, 0.29) is 36.8 Å². The van der Waals surface area contributed by atoms with E-state index in [2.05, 4.69) is 29.4 Å². The van der Waals surface area contributed by atoms with Gasteiger partial charge in [0.15, 0.2) is 0 Å². The van der Waals surface area contributed by atoms with Crippen LogP contribution in [-0.4, -0.2) is 38.5 Å². The van der Waals surface area contributed by atoms with Crippen molar-refractivity contribution in [3.63, 3.8) is 0 Å². The van der Waals surface area contributed by atoms with Gasteiger partial charge in [0, 0.05) is 30.5 Å². The number of aromatic nitrogens is 2. The maximum Gasteiger partial charge on any atom is 0.237 e. The van der Waals surface area contributed by atoms with Crippen LogP contribution in [-0.2, 0) is 17.8 Å². The summed E-state index contributed by atoms with van der Waals surface area (Å²) < 4.78 is 2.03. The average molecular weight is 459 g/mol. The summed E-state index contributed by atoms with van der Waals surface area (Å²) in [5, 5.41) is 3.83. The number of nitrogens with one attached hydrogen (secondary N) is 1. The number of carbonyl (C=O) groups excluding carboxylic acids is 1. The highest BCUT2D eigenvalue weighted by Crippen LogP contribution is 2.28. The Morgan fingerprint density at radius 3 is 2.79 bits per heavy atom. The molecule has 0 bridgehead atoms. The monoisotopic (exact) mass is 458 g/mol. The number of nitrogens with two attached hydrogens (primary N) is 1. The summed E-state index contributed by atoms with van der Waals surface area (Å²) in [6.45, 7) is 2.97. The van der Waals surface area contributed by atoms with Crippen LogP contribution in [0.3, 0.4) is 0 Å². The molecule has 29 heavy (non-hydrogen) atoms. The maximum absolute atomic E-state index is 12.5. The number of amides is 1. The van der Waals surface area contributed by atoms with Crippen molar-refractivity contribution in [2.45, 2.75) is 62.9 Å². The highest BCUT2D eigenvalue weighted by Gasteiger charge is 2.25. The molecular weight excluding hydrogens is 427 g/mol. The van der Waals surface area contributed by atoms with Crippen LogP contribution in [0.1, 0.15) is 43.9 Å². The van der Waals surface area contributed by atoms with Gasteiger partial charge in [0.25, 0.3) is 0 Å². The summed E-state index contributed by atoms with van der Waals surface area (Å²) in [6, 6.07) is 9.96. The quantitative estimate of drug-likeness (QED) is 0.630. The number of hydrogen-bond donors (Lipinski definition) is 2. The lowest BCUT2D eigenvalue weighted by atomic mass is 9.94. The van der Waals surface area contributed by atoms with E-state index in [0.29, 0.717) is 11.7 Å². The predicted molar refractivity (Wildman–Crippen MR) is 126 cm³/mol. The zero-order valence-electron chi connectivity index (χ0n) is 16.8. The number of imidazole rings is 1. The van der Waals surface area contributed by atoms with Crippen molar-refractivity contribution >= 4 is 42.5 Å². The highest BCUT2D eigenvalue weighted by molar-refractivity contribution is 7.99. The molecule has 1 fully saturated rings. The van der Waals surface area contributed by atoms with E-state index in [0.717, 1.165) is 30.8 Å². The van der Waals surface area contributed by atoms with Gasteiger partial charge < -0.3 is 15.6 Å². The molecule has 2 unspecified atom stereocenters. The Morgan fingerprint density at radius 2 is 2.07 bits per heavy atom. The zero-order chi connectivity index (χ0) is 19.1. The van der Waals surface area contributed by atoms with E-state index < -0.39 is 6.04 Å². The number of nitrogens with zero attached hydrogens (tertiary/aromatic N) is 2. The Bertz CT molecular complexity index is 726. The van der Waals surface area contributed by atoms with Crippen LogP contribution in [0.2, 0.25) is 0 Å². The Morgan fingerprint density at radius 1 is 1.31 bits per heavy atom. The number of rotatable bonds is 8. The van der Waals surface area contributed by atoms with E-state index >= 15 is 0 Å². The van der Waals surface area contributed by atoms with Crippen LogP contribution in [0.5, 0.6) is 0 Å². The van der Waals surface area contributed by atoms with Crippen molar-refractivity contribution in [3.8, 4) is 0 Å². The Balaban J connectivity index is 0.00000210. The molecule has 0 spiro atoms. The first kappa shape index (κ1) is 25.8. The molecule has 0 radical (unpaired) electrons. The first-order valence-electron chi connectivity index (χ1n) is 9.86. The predicted octanol–water partition coefficient (Wildman–Crippen LogP) is 3.83. The van der Waals surface area contributed by atoms with Crippen LogP contribution in [0, 0.1) is 0 Å². The number of benzene rings is 1. The lowest BCUT2D eigenvalue weighted by Gasteiger charge is -2.30. The second-order valence-electron chi connectivity index (χ2n) is 7.28. The molecule has 1 saturated carbocycles. The van der Waals surface area contributed by atoms with Crippen molar-refractivity contribution in [2.24, 2.45) is 5.73 Å². The first-order valence-corrected chi connectivity index (χ1v) is 10.9. The summed E-state index contributed by atoms with van der Waals surface area (Å²) in [6.07, 6.45) is 8.81. The van der Waals surface area contributed by atoms with Gasteiger partial charge in [0.05, 0.1) is 18.1 Å². The molecule has 3 rings (SSSR count). The Labute approximate surface area is 190 Å². The zero-order valence-corrected chi connectivity index (χ0v) is 19.3. The second-order valence-corrected chi connectivity index (χ2v) is 8.86. The van der Waals surface area contributed by atoms with Gasteiger partial charge >= 0.3 is 0 Å². The van der Waals surface area contributed by atoms with Crippen molar-refractivity contribution in [3.05, 3.63) is 54.1 Å². The molecule has 0 saturated heterocycles. The topological polar surface area (TPSA) is 72.9 Å². The standard InChI is InChI=1S/C21H30N4OS.2ClH/c1-2-27-19-10-6-9-17(11-19)24-21(26)20(22)12-18-14-25(15-23-18)13-16-7-4-3-5-8-16;;/h3-5,7-8,14-15,17,19-20H,2,6,9-13,22H2,1H3,(H,24,26);2*1H/t17?,19?,20-;;/m0../s1. The van der Waals surface area contributed by atoms with Crippen molar-refractivity contribution in [1.29, 1.82) is 0 Å². The normalized spacial score (nSPS) is 19.5. The molecular formula is C21H32Cl2N4OS. The van der Waals surface area contributed by atoms with E-state index in [1.165, 1.54) is 18.4 Å². The van der Waals surface area contributed by atoms with Crippen molar-refractivity contribution in [1.82, 2.24) is 14.9 Å². The van der Waals surface area contributed by atoms with Crippen LogP contribution in [0.4, 0.5) is 0 Å². The van der Waals surface area contributed by atoms with Gasteiger partial charge in [-0.2, -0.15) is 11.8 Å². The third-order valence-electron chi connectivity index (χ3n) is 5.04. The molecule has 3 N–H and O–H groups in total. The fourth-order valence-corrected chi connectivity index (χ4v) is 4.86. The minimum absolute atomic E-state index is 0. The molecule has 0 aliphatic heterocycles. The van der Waals surface area contributed by atoms with Gasteiger partial charge in [-0.25, -0.2) is 4.98 Å². The molecule has 2 aromatic rings. The van der Waals surface area contributed by atoms with Gasteiger partial charge in [-0.3, -0.25) is 4.79 Å². The Hall–Kier alpha value is -1.21. The van der Waals surface area contributed by atoms with Crippen molar-refractivity contribution in [2.75, 3.05) is 5.75 Å². The summed E-state index contributed by atoms with van der Waals surface area (Å²) in [4.78, 5) is 16.9. The van der Waals surface area contributed by atoms with Crippen molar-refractivity contribution < 1.29 is 4.79 Å². The number of carbonyl (C=O) groups is 1. The van der Waals surface area contributed by atoms with E-state index in [9.17, 15) is 4.79 Å². The van der Waals surface area contributed by atoms with Crippen LogP contribution < -0.4 is 11.1 Å². The summed E-state index contributed by atoms with van der Waals surface area (Å²) in [5.41, 5.74) is 8.24. The molecule has 162 valence electrons. The third kappa shape index (κ3) is 8.21. The molecule has 1 aromatic heterocycles. The molecule has 1 heterocycles. The minimum atomic E-state index is -0.552. The number of thioether (sulfide) groups is 1. The summed E-state index contributed by atoms with van der Waals surface area (Å²) in [7, 11) is 0.